The van der Waals surface area contributed by atoms with Crippen molar-refractivity contribution in [3.05, 3.63) is 78.0 Å². The number of aromatic nitrogens is 4. The summed E-state index contributed by atoms with van der Waals surface area (Å²) in [7, 11) is 1.93. The molecule has 0 aliphatic heterocycles. The predicted octanol–water partition coefficient (Wildman–Crippen LogP) is 7.45. The summed E-state index contributed by atoms with van der Waals surface area (Å²) >= 11 is 1.41. The molecule has 0 unspecified atom stereocenters. The molecule has 0 spiro atoms. The first-order valence-electron chi connectivity index (χ1n) is 13.6. The number of phenols is 1. The lowest BCUT2D eigenvalue weighted by molar-refractivity contribution is -0.189. The smallest absolute Gasteiger partial charge is 0.491 e. The van der Waals surface area contributed by atoms with Crippen molar-refractivity contribution in [1.82, 2.24) is 19.3 Å². The third-order valence-corrected chi connectivity index (χ3v) is 7.91. The van der Waals surface area contributed by atoms with Crippen molar-refractivity contribution in [3.8, 4) is 28.6 Å². The molecule has 2 aromatic heterocycles. The van der Waals surface area contributed by atoms with Crippen LogP contribution in [0.3, 0.4) is 0 Å². The van der Waals surface area contributed by atoms with E-state index in [1.807, 2.05) is 87.1 Å². The average molecular weight is 610 g/mol. The Bertz CT molecular complexity index is 1800. The van der Waals surface area contributed by atoms with E-state index in [-0.39, 0.29) is 23.1 Å². The van der Waals surface area contributed by atoms with Gasteiger partial charge in [-0.25, -0.2) is 4.79 Å². The van der Waals surface area contributed by atoms with Gasteiger partial charge in [0.05, 0.1) is 11.3 Å². The number of anilines is 1. The minimum Gasteiger partial charge on any atom is -0.508 e. The number of halogens is 3. The zero-order valence-corrected chi connectivity index (χ0v) is 24.8. The second kappa shape index (κ2) is 12.0. The van der Waals surface area contributed by atoms with E-state index in [4.69, 9.17) is 4.74 Å². The molecular formula is C31H30F3N5O3S. The number of thioether (sulfide) groups is 1. The number of nitrogens with zero attached hydrogens (tertiary/aromatic N) is 4. The van der Waals surface area contributed by atoms with Gasteiger partial charge < -0.3 is 19.7 Å². The minimum atomic E-state index is -5.24. The highest BCUT2D eigenvalue weighted by Gasteiger charge is 2.42. The summed E-state index contributed by atoms with van der Waals surface area (Å²) < 4.78 is 48.2. The highest BCUT2D eigenvalue weighted by Crippen LogP contribution is 2.41. The van der Waals surface area contributed by atoms with Crippen LogP contribution in [-0.2, 0) is 17.6 Å². The first-order chi connectivity index (χ1) is 20.5. The molecule has 12 heteroatoms. The zero-order valence-electron chi connectivity index (χ0n) is 23.9. The zero-order chi connectivity index (χ0) is 30.9. The number of rotatable bonds is 9. The average Bonchev–Trinajstić information content (AvgIpc) is 3.55. The number of phenolic OH excluding ortho intramolecular Hbond substituents is 1. The maximum atomic E-state index is 13.2. The fourth-order valence-electron chi connectivity index (χ4n) is 4.80. The number of esters is 1. The van der Waals surface area contributed by atoms with Crippen LogP contribution >= 0.6 is 11.8 Å². The minimum absolute atomic E-state index is 0.0830. The van der Waals surface area contributed by atoms with Crippen LogP contribution in [0.1, 0.15) is 37.8 Å². The van der Waals surface area contributed by atoms with Gasteiger partial charge in [-0.1, -0.05) is 43.8 Å². The number of hydrogen-bond donors (Lipinski definition) is 2. The van der Waals surface area contributed by atoms with Crippen LogP contribution in [0.15, 0.2) is 72.0 Å². The fourth-order valence-corrected chi connectivity index (χ4v) is 5.75. The molecule has 224 valence electrons. The Morgan fingerprint density at radius 2 is 1.86 bits per heavy atom. The van der Waals surface area contributed by atoms with Gasteiger partial charge in [-0.05, 0) is 60.4 Å². The molecule has 0 aliphatic rings. The molecule has 0 atom stereocenters. The number of hydrogen-bond acceptors (Lipinski definition) is 7. The number of para-hydroxylation sites is 1. The molecule has 5 aromatic rings. The molecule has 43 heavy (non-hydrogen) atoms. The molecule has 3 aromatic carbocycles. The van der Waals surface area contributed by atoms with Crippen LogP contribution in [-0.4, -0.2) is 43.1 Å². The van der Waals surface area contributed by atoms with E-state index in [0.29, 0.717) is 22.2 Å². The number of alkyl halides is 3. The van der Waals surface area contributed by atoms with E-state index in [2.05, 4.69) is 15.5 Å². The Morgan fingerprint density at radius 3 is 2.58 bits per heavy atom. The van der Waals surface area contributed by atoms with Gasteiger partial charge in [0.1, 0.15) is 11.5 Å². The van der Waals surface area contributed by atoms with Gasteiger partial charge in [-0.2, -0.15) is 13.2 Å². The summed E-state index contributed by atoms with van der Waals surface area (Å²) in [6.07, 6.45) is -3.31. The fraction of sp³-hybridized carbons (Fsp3) is 0.258. The van der Waals surface area contributed by atoms with Gasteiger partial charge in [-0.15, -0.1) is 10.2 Å². The molecule has 2 heterocycles. The van der Waals surface area contributed by atoms with Crippen molar-refractivity contribution >= 4 is 34.3 Å². The van der Waals surface area contributed by atoms with Crippen LogP contribution < -0.4 is 10.1 Å². The number of carbonyl (C=O) groups excluding carboxylic acids is 1. The molecule has 0 amide bonds. The second-order valence-corrected chi connectivity index (χ2v) is 11.2. The molecule has 0 aliphatic carbocycles. The third kappa shape index (κ3) is 6.19. The van der Waals surface area contributed by atoms with Gasteiger partial charge in [0, 0.05) is 48.2 Å². The number of nitrogens with one attached hydrogen (secondary N) is 1. The molecule has 0 fully saturated rings. The Kier molecular flexibility index (Phi) is 8.41. The number of aromatic hydroxyl groups is 1. The third-order valence-electron chi connectivity index (χ3n) is 6.93. The van der Waals surface area contributed by atoms with E-state index >= 15 is 0 Å². The van der Waals surface area contributed by atoms with Gasteiger partial charge >= 0.3 is 12.1 Å². The van der Waals surface area contributed by atoms with E-state index < -0.39 is 17.9 Å². The Morgan fingerprint density at radius 1 is 1.09 bits per heavy atom. The number of fused-ring (bicyclic) bond motifs is 1. The standard InChI is InChI=1S/C31H30F3N5O3S/c1-5-35-24-9-7-6-8-20(24)17-43-30-37-36-28(39(30)21-10-11-25-19(14-21)12-13-38(25)4)23-15-22(18(2)3)26(40)16-27(23)42-29(41)31(32,33)34/h6-16,18,35,40H,5,17H2,1-4H3. The van der Waals surface area contributed by atoms with Gasteiger partial charge in [0.15, 0.2) is 11.0 Å². The van der Waals surface area contributed by atoms with Crippen LogP contribution in [0.2, 0.25) is 0 Å². The topological polar surface area (TPSA) is 94.2 Å². The van der Waals surface area contributed by atoms with E-state index in [9.17, 15) is 23.1 Å². The molecule has 8 nitrogen and oxygen atoms in total. The molecule has 0 saturated carbocycles. The van der Waals surface area contributed by atoms with E-state index in [1.54, 1.807) is 4.57 Å². The summed E-state index contributed by atoms with van der Waals surface area (Å²) in [4.78, 5) is 11.9. The lowest BCUT2D eigenvalue weighted by Crippen LogP contribution is -2.28. The van der Waals surface area contributed by atoms with E-state index in [0.717, 1.165) is 34.8 Å². The number of ether oxygens (including phenoxy) is 1. The summed E-state index contributed by atoms with van der Waals surface area (Å²) in [6.45, 7) is 6.42. The number of carbonyl (C=O) groups is 1. The molecule has 0 saturated heterocycles. The molecule has 5 rings (SSSR count). The first-order valence-corrected chi connectivity index (χ1v) is 14.6. The number of benzene rings is 3. The Balaban J connectivity index is 1.68. The summed E-state index contributed by atoms with van der Waals surface area (Å²) in [6, 6.07) is 18.1. The van der Waals surface area contributed by atoms with Crippen LogP contribution in [0.4, 0.5) is 18.9 Å². The first kappa shape index (κ1) is 30.0. The number of aryl methyl sites for hydroxylation is 1. The predicted molar refractivity (Wildman–Crippen MR) is 161 cm³/mol. The van der Waals surface area contributed by atoms with Crippen molar-refractivity contribution in [3.63, 3.8) is 0 Å². The molecule has 2 N–H and O–H groups in total. The quantitative estimate of drug-likeness (QED) is 0.102. The summed E-state index contributed by atoms with van der Waals surface area (Å²) in [5.41, 5.74) is 4.20. The largest absolute Gasteiger partial charge is 0.508 e. The van der Waals surface area contributed by atoms with Crippen molar-refractivity contribution in [2.24, 2.45) is 7.05 Å². The normalized spacial score (nSPS) is 11.8. The maximum Gasteiger partial charge on any atom is 0.491 e. The SMILES string of the molecule is CCNc1ccccc1CSc1nnc(-c2cc(C(C)C)c(O)cc2OC(=O)C(F)(F)F)n1-c1ccc2c(ccn2C)c1. The van der Waals surface area contributed by atoms with Gasteiger partial charge in [0.25, 0.3) is 0 Å². The molecule has 0 bridgehead atoms. The molecule has 0 radical (unpaired) electrons. The van der Waals surface area contributed by atoms with Crippen molar-refractivity contribution < 1.29 is 27.8 Å². The van der Waals surface area contributed by atoms with Crippen LogP contribution in [0.25, 0.3) is 28.0 Å². The summed E-state index contributed by atoms with van der Waals surface area (Å²) in [5.74, 6) is -2.69. The van der Waals surface area contributed by atoms with Gasteiger partial charge in [-0.3, -0.25) is 4.57 Å². The lowest BCUT2D eigenvalue weighted by atomic mass is 9.98. The Labute approximate surface area is 250 Å². The van der Waals surface area contributed by atoms with Crippen molar-refractivity contribution in [1.29, 1.82) is 0 Å². The van der Waals surface area contributed by atoms with Crippen molar-refractivity contribution in [2.45, 2.75) is 43.8 Å². The molecular weight excluding hydrogens is 579 g/mol. The van der Waals surface area contributed by atoms with Gasteiger partial charge in [0.2, 0.25) is 0 Å². The van der Waals surface area contributed by atoms with E-state index in [1.165, 1.54) is 17.8 Å². The summed E-state index contributed by atoms with van der Waals surface area (Å²) in [5, 5.41) is 24.2. The monoisotopic (exact) mass is 609 g/mol. The Hall–Kier alpha value is -4.45. The highest BCUT2D eigenvalue weighted by atomic mass is 32.2. The second-order valence-electron chi connectivity index (χ2n) is 10.2. The van der Waals surface area contributed by atoms with Crippen LogP contribution in [0, 0.1) is 0 Å². The maximum absolute atomic E-state index is 13.2. The van der Waals surface area contributed by atoms with Crippen molar-refractivity contribution in [2.75, 3.05) is 11.9 Å². The lowest BCUT2D eigenvalue weighted by Gasteiger charge is -2.17. The highest BCUT2D eigenvalue weighted by molar-refractivity contribution is 7.98. The van der Waals surface area contributed by atoms with Crippen LogP contribution in [0.5, 0.6) is 11.5 Å².